The van der Waals surface area contributed by atoms with Gasteiger partial charge >= 0.3 is 0 Å². The normalized spacial score (nSPS) is 16.3. The fourth-order valence-corrected chi connectivity index (χ4v) is 0.342. The van der Waals surface area contributed by atoms with Crippen molar-refractivity contribution >= 4 is 11.6 Å². The number of rotatable bonds is 3. The Morgan fingerprint density at radius 3 is 2.44 bits per heavy atom. The van der Waals surface area contributed by atoms with Crippen LogP contribution in [0.3, 0.4) is 0 Å². The van der Waals surface area contributed by atoms with Gasteiger partial charge in [0.15, 0.2) is 0 Å². The van der Waals surface area contributed by atoms with Gasteiger partial charge in [-0.05, 0) is 18.2 Å². The molecule has 0 spiro atoms. The highest BCUT2D eigenvalue weighted by Gasteiger charge is 2.22. The van der Waals surface area contributed by atoms with E-state index >= 15 is 0 Å². The molecule has 0 rings (SSSR count). The fourth-order valence-electron chi connectivity index (χ4n) is 0.253. The van der Waals surface area contributed by atoms with Crippen LogP contribution in [0.1, 0.15) is 13.3 Å². The Kier molecular flexibility index (Phi) is 2.81. The first-order chi connectivity index (χ1) is 3.98. The molecule has 0 radical (unpaired) electrons. The molecule has 0 fully saturated rings. The Hall–Kier alpha value is -0.410. The highest BCUT2D eigenvalue weighted by molar-refractivity contribution is 6.21. The van der Waals surface area contributed by atoms with E-state index in [0.717, 1.165) is 0 Å². The van der Waals surface area contributed by atoms with Crippen molar-refractivity contribution in [2.45, 2.75) is 18.6 Å². The molecule has 9 heavy (non-hydrogen) atoms. The first-order valence-corrected chi connectivity index (χ1v) is 2.84. The molecule has 0 saturated carbocycles. The summed E-state index contributed by atoms with van der Waals surface area (Å²) >= 11 is 5.23. The predicted molar refractivity (Wildman–Crippen MR) is 33.9 cm³/mol. The van der Waals surface area contributed by atoms with E-state index in [2.05, 4.69) is 11.3 Å². The maximum atomic E-state index is 8.82. The van der Waals surface area contributed by atoms with Gasteiger partial charge in [-0.1, -0.05) is 6.92 Å². The predicted octanol–water partition coefficient (Wildman–Crippen LogP) is 1.33. The van der Waals surface area contributed by atoms with Crippen LogP contribution in [0.25, 0.3) is 0 Å². The smallest absolute Gasteiger partial charge is 0.290 e. The van der Waals surface area contributed by atoms with E-state index in [-0.39, 0.29) is 6.42 Å². The van der Waals surface area contributed by atoms with E-state index in [1.54, 1.807) is 6.92 Å². The molecule has 0 saturated heterocycles. The van der Waals surface area contributed by atoms with Crippen LogP contribution in [0.2, 0.25) is 0 Å². The van der Waals surface area contributed by atoms with Gasteiger partial charge in [-0.2, -0.15) is 0 Å². The third kappa shape index (κ3) is 4.12. The van der Waals surface area contributed by atoms with Crippen LogP contribution in [-0.2, 0) is 4.74 Å². The van der Waals surface area contributed by atoms with Gasteiger partial charge in [0.25, 0.3) is 11.2 Å². The summed E-state index contributed by atoms with van der Waals surface area (Å²) in [4.78, 5) is 0. The zero-order chi connectivity index (χ0) is 7.49. The number of aliphatic hydroxyl groups is 2. The number of aliphatic hydroxyl groups excluding tert-OH is 1. The summed E-state index contributed by atoms with van der Waals surface area (Å²) in [6.07, 6.45) is 0.175. The van der Waals surface area contributed by atoms with Crippen molar-refractivity contribution < 1.29 is 14.9 Å². The van der Waals surface area contributed by atoms with Crippen molar-refractivity contribution in [1.82, 2.24) is 0 Å². The Morgan fingerprint density at radius 2 is 2.33 bits per heavy atom. The van der Waals surface area contributed by atoms with Gasteiger partial charge < -0.3 is 14.9 Å². The summed E-state index contributed by atoms with van der Waals surface area (Å²) in [6, 6.07) is 0. The average Bonchev–Trinajstić information content (AvgIpc) is 1.63. The molecular formula is C5H9ClO3. The van der Waals surface area contributed by atoms with E-state index in [1.165, 1.54) is 0 Å². The van der Waals surface area contributed by atoms with Crippen molar-refractivity contribution in [2.75, 3.05) is 0 Å². The topological polar surface area (TPSA) is 49.7 Å². The lowest BCUT2D eigenvalue weighted by atomic mass is 10.5. The quantitative estimate of drug-likeness (QED) is 0.364. The van der Waals surface area contributed by atoms with Crippen LogP contribution in [0.15, 0.2) is 12.5 Å². The molecule has 4 heteroatoms. The SMILES string of the molecule is C=C(O)OC(O)(Cl)CC. The van der Waals surface area contributed by atoms with Crippen molar-refractivity contribution in [2.24, 2.45) is 0 Å². The van der Waals surface area contributed by atoms with Crippen LogP contribution in [0, 0.1) is 0 Å². The molecule has 0 aliphatic rings. The molecule has 1 unspecified atom stereocenters. The van der Waals surface area contributed by atoms with E-state index in [0.29, 0.717) is 0 Å². The largest absolute Gasteiger partial charge is 0.481 e. The highest BCUT2D eigenvalue weighted by atomic mass is 35.5. The second kappa shape index (κ2) is 2.94. The maximum Gasteiger partial charge on any atom is 0.290 e. The Balaban J connectivity index is 3.71. The van der Waals surface area contributed by atoms with Gasteiger partial charge in [-0.15, -0.1) is 0 Å². The molecule has 0 aromatic heterocycles. The van der Waals surface area contributed by atoms with Crippen molar-refractivity contribution in [3.8, 4) is 0 Å². The minimum absolute atomic E-state index is 0.175. The molecule has 0 aromatic rings. The standard InChI is InChI=1S/C5H9ClO3/c1-3-5(6,8)9-4(2)7/h7-8H,2-3H2,1H3. The molecule has 0 aromatic carbocycles. The minimum atomic E-state index is -1.81. The van der Waals surface area contributed by atoms with Crippen LogP contribution in [-0.4, -0.2) is 15.5 Å². The zero-order valence-corrected chi connectivity index (χ0v) is 5.85. The van der Waals surface area contributed by atoms with Gasteiger partial charge in [-0.3, -0.25) is 0 Å². The van der Waals surface area contributed by atoms with Gasteiger partial charge in [-0.25, -0.2) is 0 Å². The lowest BCUT2D eigenvalue weighted by Gasteiger charge is -2.17. The summed E-state index contributed by atoms with van der Waals surface area (Å²) in [5, 5.41) is 15.4. The number of halogens is 1. The third-order valence-electron chi connectivity index (χ3n) is 0.710. The van der Waals surface area contributed by atoms with Crippen LogP contribution in [0.5, 0.6) is 0 Å². The van der Waals surface area contributed by atoms with Gasteiger partial charge in [0.1, 0.15) is 0 Å². The number of alkyl halides is 1. The van der Waals surface area contributed by atoms with Gasteiger partial charge in [0, 0.05) is 6.42 Å². The summed E-state index contributed by atoms with van der Waals surface area (Å²) in [7, 11) is 0. The number of ether oxygens (including phenoxy) is 1. The van der Waals surface area contributed by atoms with Gasteiger partial charge in [0.05, 0.1) is 0 Å². The molecule has 0 bridgehead atoms. The second-order valence-corrected chi connectivity index (χ2v) is 2.13. The Labute approximate surface area is 58.5 Å². The lowest BCUT2D eigenvalue weighted by molar-refractivity contribution is -0.137. The van der Waals surface area contributed by atoms with Crippen LogP contribution >= 0.6 is 11.6 Å². The molecular weight excluding hydrogens is 144 g/mol. The molecule has 3 nitrogen and oxygen atoms in total. The van der Waals surface area contributed by atoms with Crippen LogP contribution < -0.4 is 0 Å². The van der Waals surface area contributed by atoms with E-state index in [1.807, 2.05) is 0 Å². The lowest BCUT2D eigenvalue weighted by Crippen LogP contribution is -2.22. The van der Waals surface area contributed by atoms with E-state index in [4.69, 9.17) is 21.8 Å². The minimum Gasteiger partial charge on any atom is -0.481 e. The number of hydrogen-bond donors (Lipinski definition) is 2. The fraction of sp³-hybridized carbons (Fsp3) is 0.600. The van der Waals surface area contributed by atoms with Crippen molar-refractivity contribution in [1.29, 1.82) is 0 Å². The maximum absolute atomic E-state index is 8.82. The van der Waals surface area contributed by atoms with E-state index < -0.39 is 11.2 Å². The highest BCUT2D eigenvalue weighted by Crippen LogP contribution is 2.18. The van der Waals surface area contributed by atoms with Crippen molar-refractivity contribution in [3.05, 3.63) is 12.5 Å². The Bertz CT molecular complexity index is 111. The van der Waals surface area contributed by atoms with E-state index in [9.17, 15) is 0 Å². The third-order valence-corrected chi connectivity index (χ3v) is 1.05. The Morgan fingerprint density at radius 1 is 1.89 bits per heavy atom. The first kappa shape index (κ1) is 8.59. The molecule has 1 atom stereocenters. The molecule has 0 aliphatic carbocycles. The monoisotopic (exact) mass is 152 g/mol. The second-order valence-electron chi connectivity index (χ2n) is 1.54. The zero-order valence-electron chi connectivity index (χ0n) is 5.09. The molecule has 0 amide bonds. The van der Waals surface area contributed by atoms with Gasteiger partial charge in [0.2, 0.25) is 0 Å². The summed E-state index contributed by atoms with van der Waals surface area (Å²) in [5.41, 5.74) is 0. The summed E-state index contributed by atoms with van der Waals surface area (Å²) in [6.45, 7) is 4.58. The summed E-state index contributed by atoms with van der Waals surface area (Å²) in [5.74, 6) is -0.589. The van der Waals surface area contributed by atoms with Crippen LogP contribution in [0.4, 0.5) is 0 Å². The van der Waals surface area contributed by atoms with Crippen molar-refractivity contribution in [3.63, 3.8) is 0 Å². The molecule has 54 valence electrons. The molecule has 0 heterocycles. The number of hydrogen-bond acceptors (Lipinski definition) is 3. The molecule has 2 N–H and O–H groups in total. The summed E-state index contributed by atoms with van der Waals surface area (Å²) < 4.78 is 4.27. The average molecular weight is 153 g/mol. The molecule has 0 aliphatic heterocycles. The first-order valence-electron chi connectivity index (χ1n) is 2.46.